The maximum atomic E-state index is 13.3. The highest BCUT2D eigenvalue weighted by molar-refractivity contribution is 5.63. The van der Waals surface area contributed by atoms with Crippen molar-refractivity contribution in [1.29, 1.82) is 0 Å². The van der Waals surface area contributed by atoms with Crippen LogP contribution >= 0.6 is 0 Å². The molecule has 10 atom stereocenters. The van der Waals surface area contributed by atoms with Gasteiger partial charge in [0.15, 0.2) is 0 Å². The molecule has 0 aliphatic carbocycles. The predicted molar refractivity (Wildman–Crippen MR) is 263 cm³/mol. The van der Waals surface area contributed by atoms with E-state index in [0.717, 1.165) is 0 Å². The Bertz CT molecular complexity index is 2470. The van der Waals surface area contributed by atoms with Crippen molar-refractivity contribution in [3.63, 3.8) is 0 Å². The first-order valence-electron chi connectivity index (χ1n) is 24.5. The van der Waals surface area contributed by atoms with Gasteiger partial charge >= 0.3 is 0 Å². The zero-order valence-corrected chi connectivity index (χ0v) is 41.6. The topological polar surface area (TPSA) is 307 Å². The second-order valence-corrected chi connectivity index (χ2v) is 23.5. The molecular weight excluding hydrogens is 921 g/mol. The Labute approximate surface area is 410 Å². The van der Waals surface area contributed by atoms with E-state index in [-0.39, 0.29) is 54.5 Å². The molecule has 22 heteroatoms. The lowest BCUT2D eigenvalue weighted by Gasteiger charge is -2.35. The third-order valence-electron chi connectivity index (χ3n) is 16.1. The van der Waals surface area contributed by atoms with Crippen LogP contribution in [0.3, 0.4) is 0 Å². The third kappa shape index (κ3) is 9.58. The first-order valence-corrected chi connectivity index (χ1v) is 24.5. The van der Waals surface area contributed by atoms with Gasteiger partial charge in [-0.3, -0.25) is 60.7 Å². The van der Waals surface area contributed by atoms with E-state index in [1.807, 2.05) is 41.5 Å². The molecule has 0 aromatic heterocycles. The number of hydrogen-bond donors (Lipinski definition) is 4. The second-order valence-electron chi connectivity index (χ2n) is 23.5. The third-order valence-corrected chi connectivity index (χ3v) is 16.1. The van der Waals surface area contributed by atoms with E-state index in [1.54, 1.807) is 20.8 Å². The van der Waals surface area contributed by atoms with Crippen molar-refractivity contribution in [1.82, 2.24) is 21.3 Å². The second kappa shape index (κ2) is 18.5. The molecular formula is C49H64N10O12. The van der Waals surface area contributed by atoms with Gasteiger partial charge in [0.25, 0.3) is 34.1 Å². The van der Waals surface area contributed by atoms with Crippen molar-refractivity contribution < 1.29 is 29.5 Å². The average Bonchev–Trinajstić information content (AvgIpc) is 4.12. The van der Waals surface area contributed by atoms with Gasteiger partial charge in [-0.05, 0) is 84.3 Å². The zero-order valence-electron chi connectivity index (χ0n) is 41.6. The van der Waals surface area contributed by atoms with Gasteiger partial charge in [0, 0.05) is 102 Å². The summed E-state index contributed by atoms with van der Waals surface area (Å²) in [6.07, 6.45) is 3.03. The van der Waals surface area contributed by atoms with Gasteiger partial charge in [-0.25, -0.2) is 0 Å². The summed E-state index contributed by atoms with van der Waals surface area (Å²) in [5.41, 5.74) is -3.89. The summed E-state index contributed by atoms with van der Waals surface area (Å²) >= 11 is 0. The highest BCUT2D eigenvalue weighted by Crippen LogP contribution is 2.52. The SMILES string of the molecule is CC(C)(C)c1cc([N+](=O)[O-])c(C2C3CCC(N3)C3CCC(N3)C(c3c([N+](=O)[O-])cc(C(C)(C)C)cc3[N+](=O)[O-])C3CCC(N3)C(c3c([N+](=O)[O-])cc(C(C)(C)C)cc3[N+](=O)[O-])C3CCC2N3)c([N+](=O)[O-])c1. The Morgan fingerprint density at radius 1 is 0.324 bits per heavy atom. The Morgan fingerprint density at radius 2 is 0.479 bits per heavy atom. The van der Waals surface area contributed by atoms with E-state index in [2.05, 4.69) is 21.3 Å². The molecule has 3 aromatic rings. The maximum absolute atomic E-state index is 13.3. The quantitative estimate of drug-likeness (QED) is 0.115. The number of nitro benzene ring substituents is 6. The van der Waals surface area contributed by atoms with Gasteiger partial charge < -0.3 is 21.3 Å². The molecule has 0 spiro atoms. The molecule has 22 nitrogen and oxygen atoms in total. The minimum absolute atomic E-state index is 0.0636. The molecule has 5 aliphatic rings. The van der Waals surface area contributed by atoms with Crippen LogP contribution in [0.1, 0.15) is 165 Å². The van der Waals surface area contributed by atoms with Crippen LogP contribution in [0, 0.1) is 60.7 Å². The molecule has 10 unspecified atom stereocenters. The Morgan fingerprint density at radius 3 is 0.634 bits per heavy atom. The molecule has 5 aliphatic heterocycles. The highest BCUT2D eigenvalue weighted by atomic mass is 16.6. The van der Waals surface area contributed by atoms with Crippen molar-refractivity contribution in [3.05, 3.63) is 130 Å². The molecule has 5 heterocycles. The normalized spacial score (nSPS) is 28.8. The summed E-state index contributed by atoms with van der Waals surface area (Å²) in [5, 5.41) is 94.3. The lowest BCUT2D eigenvalue weighted by molar-refractivity contribution is -0.396. The van der Waals surface area contributed by atoms with Crippen LogP contribution in [-0.2, 0) is 16.2 Å². The van der Waals surface area contributed by atoms with Crippen LogP contribution in [0.4, 0.5) is 34.1 Å². The van der Waals surface area contributed by atoms with Crippen molar-refractivity contribution >= 4 is 34.1 Å². The van der Waals surface area contributed by atoms with Crippen molar-refractivity contribution in [2.24, 2.45) is 0 Å². The molecule has 0 amide bonds. The van der Waals surface area contributed by atoms with Gasteiger partial charge in [0.1, 0.15) is 16.7 Å². The van der Waals surface area contributed by atoms with E-state index in [1.165, 1.54) is 36.4 Å². The predicted octanol–water partition coefficient (Wildman–Crippen LogP) is 9.18. The van der Waals surface area contributed by atoms with Crippen LogP contribution < -0.4 is 21.3 Å². The number of rotatable bonds is 9. The van der Waals surface area contributed by atoms with E-state index in [4.69, 9.17) is 0 Å². The van der Waals surface area contributed by atoms with Crippen LogP contribution in [0.25, 0.3) is 0 Å². The minimum atomic E-state index is -1.05. The molecule has 382 valence electrons. The summed E-state index contributed by atoms with van der Waals surface area (Å²) in [6.45, 7) is 16.2. The summed E-state index contributed by atoms with van der Waals surface area (Å²) in [5.74, 6) is -2.86. The average molecular weight is 985 g/mol. The number of nitrogens with zero attached hydrogens (tertiary/aromatic N) is 6. The van der Waals surface area contributed by atoms with Crippen molar-refractivity contribution in [2.45, 2.75) is 196 Å². The number of nitro groups is 6. The summed E-state index contributed by atoms with van der Waals surface area (Å²) in [4.78, 5) is 76.0. The van der Waals surface area contributed by atoms with Crippen LogP contribution in [0.2, 0.25) is 0 Å². The Balaban J connectivity index is 1.38. The van der Waals surface area contributed by atoms with Gasteiger partial charge in [-0.1, -0.05) is 62.3 Å². The first kappa shape index (κ1) is 51.3. The lowest BCUT2D eigenvalue weighted by Crippen LogP contribution is -2.50. The summed E-state index contributed by atoms with van der Waals surface area (Å²) in [7, 11) is 0. The molecule has 0 saturated carbocycles. The van der Waals surface area contributed by atoms with Crippen molar-refractivity contribution in [3.8, 4) is 0 Å². The summed E-state index contributed by atoms with van der Waals surface area (Å²) in [6, 6.07) is 3.66. The number of hydrogen-bond acceptors (Lipinski definition) is 16. The molecule has 3 aromatic carbocycles. The molecule has 8 bridgehead atoms. The lowest BCUT2D eigenvalue weighted by atomic mass is 9.78. The fraction of sp³-hybridized carbons (Fsp3) is 0.633. The van der Waals surface area contributed by atoms with E-state index < -0.39 is 134 Å². The monoisotopic (exact) mass is 984 g/mol. The van der Waals surface area contributed by atoms with Gasteiger partial charge in [0.05, 0.1) is 29.5 Å². The van der Waals surface area contributed by atoms with E-state index in [0.29, 0.717) is 42.4 Å². The molecule has 5 saturated heterocycles. The molecule has 5 fully saturated rings. The van der Waals surface area contributed by atoms with Crippen LogP contribution in [-0.4, -0.2) is 77.9 Å². The van der Waals surface area contributed by atoms with E-state index in [9.17, 15) is 60.7 Å². The van der Waals surface area contributed by atoms with Crippen LogP contribution in [0.5, 0.6) is 0 Å². The Hall–Kier alpha value is -6.10. The van der Waals surface area contributed by atoms with Gasteiger partial charge in [-0.2, -0.15) is 0 Å². The van der Waals surface area contributed by atoms with E-state index >= 15 is 0 Å². The van der Waals surface area contributed by atoms with Crippen LogP contribution in [0.15, 0.2) is 36.4 Å². The number of fused-ring (bicyclic) bond motifs is 9. The molecule has 4 N–H and O–H groups in total. The fourth-order valence-corrected chi connectivity index (χ4v) is 12.7. The number of nitrogens with one attached hydrogen (secondary N) is 4. The summed E-state index contributed by atoms with van der Waals surface area (Å²) < 4.78 is 0. The zero-order chi connectivity index (χ0) is 52.0. The minimum Gasteiger partial charge on any atom is -0.310 e. The standard InChI is InChI=1S/C49H64N10O12/c1-47(2,3)24-18-35(54(60)61)44(36(19-24)55(62)63)41-29-12-10-27(50-29)28-11-13-30(51-28)42(45-37(56(64)65)20-25(48(4,5)6)21-38(45)57(66)67)32-15-17-34(53-32)43(33-16-14-31(41)52-33)46-39(58(68)69)22-26(49(7,8)9)23-40(46)59(70)71/h18-23,27-34,41-43,50-53H,10-17H2,1-9H3. The molecule has 71 heavy (non-hydrogen) atoms. The number of benzene rings is 3. The van der Waals surface area contributed by atoms with Crippen molar-refractivity contribution in [2.75, 3.05) is 0 Å². The fourth-order valence-electron chi connectivity index (χ4n) is 12.7. The Kier molecular flexibility index (Phi) is 13.4. The van der Waals surface area contributed by atoms with Gasteiger partial charge in [0.2, 0.25) is 0 Å². The first-order chi connectivity index (χ1) is 33.1. The molecule has 8 rings (SSSR count). The highest BCUT2D eigenvalue weighted by Gasteiger charge is 2.54. The largest absolute Gasteiger partial charge is 0.310 e. The molecule has 0 radical (unpaired) electrons. The van der Waals surface area contributed by atoms with Gasteiger partial charge in [-0.15, -0.1) is 0 Å². The maximum Gasteiger partial charge on any atom is 0.280 e. The smallest absolute Gasteiger partial charge is 0.280 e.